The lowest BCUT2D eigenvalue weighted by atomic mass is 10.1. The van der Waals surface area contributed by atoms with Crippen LogP contribution in [-0.2, 0) is 14.8 Å². The number of sulfonamides is 1. The fourth-order valence-corrected chi connectivity index (χ4v) is 2.98. The van der Waals surface area contributed by atoms with Crippen molar-refractivity contribution in [1.82, 2.24) is 14.8 Å². The number of nitrogens with zero attached hydrogens (tertiary/aromatic N) is 3. The predicted molar refractivity (Wildman–Crippen MR) is 64.6 cm³/mol. The van der Waals surface area contributed by atoms with Gasteiger partial charge in [0.15, 0.2) is 0 Å². The number of hydrogen-bond acceptors (Lipinski definition) is 5. The van der Waals surface area contributed by atoms with Crippen molar-refractivity contribution in [3.63, 3.8) is 0 Å². The molecule has 0 aromatic carbocycles. The summed E-state index contributed by atoms with van der Waals surface area (Å²) in [4.78, 5) is 0. The molecule has 2 N–H and O–H groups in total. The average molecular weight is 274 g/mol. The van der Waals surface area contributed by atoms with Crippen LogP contribution in [0.15, 0.2) is 5.16 Å². The quantitative estimate of drug-likeness (QED) is 0.859. The van der Waals surface area contributed by atoms with Gasteiger partial charge in [-0.2, -0.15) is 0 Å². The lowest BCUT2D eigenvalue weighted by Crippen LogP contribution is -2.21. The number of primary sulfonamides is 1. The molecule has 2 heterocycles. The normalized spacial score (nSPS) is 24.9. The maximum absolute atomic E-state index is 11.5. The second kappa shape index (κ2) is 4.60. The van der Waals surface area contributed by atoms with Crippen LogP contribution in [0.3, 0.4) is 0 Å². The molecule has 1 aromatic rings. The maximum atomic E-state index is 11.5. The number of nitrogens with two attached hydrogens (primary N) is 1. The third kappa shape index (κ3) is 2.40. The molecular weight excluding hydrogens is 256 g/mol. The zero-order valence-electron chi connectivity index (χ0n) is 10.7. The first-order chi connectivity index (χ1) is 8.30. The lowest BCUT2D eigenvalue weighted by molar-refractivity contribution is 0.123. The SMILES string of the molecule is CC1CC(c2nnc(S(N)(=O)=O)n2C(C)C)CO1. The van der Waals surface area contributed by atoms with Gasteiger partial charge in [0.1, 0.15) is 5.82 Å². The fraction of sp³-hybridized carbons (Fsp3) is 0.800. The molecule has 0 aliphatic carbocycles. The van der Waals surface area contributed by atoms with Crippen LogP contribution in [0.5, 0.6) is 0 Å². The van der Waals surface area contributed by atoms with E-state index in [0.717, 1.165) is 6.42 Å². The van der Waals surface area contributed by atoms with E-state index >= 15 is 0 Å². The molecule has 0 spiro atoms. The van der Waals surface area contributed by atoms with E-state index in [2.05, 4.69) is 10.2 Å². The molecule has 2 atom stereocenters. The van der Waals surface area contributed by atoms with Crippen LogP contribution in [0, 0.1) is 0 Å². The second-order valence-electron chi connectivity index (χ2n) is 4.93. The largest absolute Gasteiger partial charge is 0.378 e. The van der Waals surface area contributed by atoms with E-state index in [1.165, 1.54) is 0 Å². The summed E-state index contributed by atoms with van der Waals surface area (Å²) in [5.74, 6) is 0.712. The Kier molecular flexibility index (Phi) is 3.43. The Hall–Kier alpha value is -0.990. The summed E-state index contributed by atoms with van der Waals surface area (Å²) in [6.45, 7) is 6.27. The fourth-order valence-electron chi connectivity index (χ4n) is 2.24. The van der Waals surface area contributed by atoms with Crippen molar-refractivity contribution < 1.29 is 13.2 Å². The van der Waals surface area contributed by atoms with E-state index in [-0.39, 0.29) is 23.2 Å². The van der Waals surface area contributed by atoms with Gasteiger partial charge < -0.3 is 4.74 Å². The maximum Gasteiger partial charge on any atom is 0.273 e. The standard InChI is InChI=1S/C10H18N4O3S/c1-6(2)14-9(8-4-7(3)17-5-8)12-13-10(14)18(11,15)16/h6-8H,4-5H2,1-3H3,(H2,11,15,16). The van der Waals surface area contributed by atoms with Crippen molar-refractivity contribution in [2.75, 3.05) is 6.61 Å². The Morgan fingerprint density at radius 2 is 2.11 bits per heavy atom. The van der Waals surface area contributed by atoms with E-state index in [0.29, 0.717) is 12.4 Å². The Morgan fingerprint density at radius 1 is 1.44 bits per heavy atom. The van der Waals surface area contributed by atoms with Gasteiger partial charge in [0.2, 0.25) is 0 Å². The van der Waals surface area contributed by atoms with E-state index < -0.39 is 10.0 Å². The molecule has 8 heteroatoms. The van der Waals surface area contributed by atoms with Gasteiger partial charge in [0.25, 0.3) is 15.2 Å². The van der Waals surface area contributed by atoms with Crippen molar-refractivity contribution in [2.24, 2.45) is 5.14 Å². The summed E-state index contributed by atoms with van der Waals surface area (Å²) in [5, 5.41) is 12.7. The first-order valence-electron chi connectivity index (χ1n) is 5.90. The molecule has 1 aliphatic heterocycles. The zero-order chi connectivity index (χ0) is 13.5. The van der Waals surface area contributed by atoms with Crippen molar-refractivity contribution in [3.05, 3.63) is 5.82 Å². The van der Waals surface area contributed by atoms with Crippen LogP contribution >= 0.6 is 0 Å². The summed E-state index contributed by atoms with van der Waals surface area (Å²) >= 11 is 0. The average Bonchev–Trinajstić information content (AvgIpc) is 2.80. The molecule has 1 aliphatic rings. The summed E-state index contributed by atoms with van der Waals surface area (Å²) < 4.78 is 30.0. The third-order valence-corrected chi connectivity index (χ3v) is 3.81. The van der Waals surface area contributed by atoms with Gasteiger partial charge in [-0.15, -0.1) is 10.2 Å². The van der Waals surface area contributed by atoms with Crippen LogP contribution in [-0.4, -0.2) is 35.9 Å². The number of aromatic nitrogens is 3. The van der Waals surface area contributed by atoms with E-state index in [1.807, 2.05) is 20.8 Å². The monoisotopic (exact) mass is 274 g/mol. The van der Waals surface area contributed by atoms with Gasteiger partial charge in [-0.25, -0.2) is 13.6 Å². The van der Waals surface area contributed by atoms with E-state index in [1.54, 1.807) is 4.57 Å². The second-order valence-corrected chi connectivity index (χ2v) is 6.38. The van der Waals surface area contributed by atoms with Gasteiger partial charge in [0.05, 0.1) is 12.7 Å². The molecule has 0 radical (unpaired) electrons. The van der Waals surface area contributed by atoms with Gasteiger partial charge in [-0.3, -0.25) is 4.57 Å². The summed E-state index contributed by atoms with van der Waals surface area (Å²) in [5.41, 5.74) is 0. The zero-order valence-corrected chi connectivity index (χ0v) is 11.5. The van der Waals surface area contributed by atoms with Gasteiger partial charge >= 0.3 is 0 Å². The summed E-state index contributed by atoms with van der Waals surface area (Å²) in [7, 11) is -3.85. The van der Waals surface area contributed by atoms with Gasteiger partial charge in [-0.1, -0.05) is 0 Å². The summed E-state index contributed by atoms with van der Waals surface area (Å²) in [6.07, 6.45) is 0.973. The molecule has 1 fully saturated rings. The van der Waals surface area contributed by atoms with Crippen LogP contribution < -0.4 is 5.14 Å². The third-order valence-electron chi connectivity index (χ3n) is 3.03. The highest BCUT2D eigenvalue weighted by molar-refractivity contribution is 7.89. The Balaban J connectivity index is 2.46. The molecule has 102 valence electrons. The van der Waals surface area contributed by atoms with Crippen molar-refractivity contribution in [2.45, 2.75) is 50.4 Å². The van der Waals surface area contributed by atoms with Crippen LogP contribution in [0.25, 0.3) is 0 Å². The van der Waals surface area contributed by atoms with Gasteiger partial charge in [-0.05, 0) is 27.2 Å². The molecule has 0 bridgehead atoms. The van der Waals surface area contributed by atoms with Crippen LogP contribution in [0.4, 0.5) is 0 Å². The predicted octanol–water partition coefficient (Wildman–Crippen LogP) is 0.399. The topological polar surface area (TPSA) is 100 Å². The van der Waals surface area contributed by atoms with Gasteiger partial charge in [0, 0.05) is 12.0 Å². The smallest absolute Gasteiger partial charge is 0.273 e. The first-order valence-corrected chi connectivity index (χ1v) is 7.44. The Labute approximate surface area is 106 Å². The highest BCUT2D eigenvalue weighted by Gasteiger charge is 2.32. The first kappa shape index (κ1) is 13.4. The highest BCUT2D eigenvalue weighted by Crippen LogP contribution is 2.30. The summed E-state index contributed by atoms with van der Waals surface area (Å²) in [6, 6.07) is -0.0702. The molecule has 0 saturated carbocycles. The Morgan fingerprint density at radius 3 is 2.56 bits per heavy atom. The minimum Gasteiger partial charge on any atom is -0.378 e. The molecular formula is C10H18N4O3S. The van der Waals surface area contributed by atoms with E-state index in [9.17, 15) is 8.42 Å². The van der Waals surface area contributed by atoms with Crippen molar-refractivity contribution in [1.29, 1.82) is 0 Å². The van der Waals surface area contributed by atoms with Crippen molar-refractivity contribution in [3.8, 4) is 0 Å². The minimum atomic E-state index is -3.85. The Bertz CT molecular complexity index is 537. The highest BCUT2D eigenvalue weighted by atomic mass is 32.2. The number of ether oxygens (including phenoxy) is 1. The molecule has 7 nitrogen and oxygen atoms in total. The molecule has 2 unspecified atom stereocenters. The number of rotatable bonds is 3. The lowest BCUT2D eigenvalue weighted by Gasteiger charge is -2.15. The molecule has 1 saturated heterocycles. The number of hydrogen-bond donors (Lipinski definition) is 1. The van der Waals surface area contributed by atoms with E-state index in [4.69, 9.17) is 9.88 Å². The molecule has 0 amide bonds. The van der Waals surface area contributed by atoms with Crippen molar-refractivity contribution >= 4 is 10.0 Å². The molecule has 18 heavy (non-hydrogen) atoms. The van der Waals surface area contributed by atoms with Crippen LogP contribution in [0.2, 0.25) is 0 Å². The molecule has 1 aromatic heterocycles. The molecule has 2 rings (SSSR count). The minimum absolute atomic E-state index is 0.0702. The van der Waals surface area contributed by atoms with Crippen LogP contribution in [0.1, 0.15) is 45.0 Å².